The van der Waals surface area contributed by atoms with Crippen molar-refractivity contribution < 1.29 is 9.59 Å². The molecule has 5 nitrogen and oxygen atoms in total. The van der Waals surface area contributed by atoms with Crippen LogP contribution in [0.1, 0.15) is 20.7 Å². The number of carbonyl (C=O) groups excluding carboxylic acids is 2. The molecule has 2 amide bonds. The lowest BCUT2D eigenvalue weighted by Gasteiger charge is -2.14. The Balaban J connectivity index is 2.04. The largest absolute Gasteiger partial charge is 0.399 e. The number of nitrogen functional groups attached to an aromatic ring is 2. The molecule has 1 aliphatic rings. The molecular weight excluding hydrogens is 314 g/mol. The third-order valence-corrected chi connectivity index (χ3v) is 4.33. The molecule has 0 aromatic heterocycles. The molecule has 3 aromatic carbocycles. The van der Waals surface area contributed by atoms with E-state index in [2.05, 4.69) is 5.32 Å². The van der Waals surface area contributed by atoms with Gasteiger partial charge in [0.1, 0.15) is 0 Å². The summed E-state index contributed by atoms with van der Waals surface area (Å²) in [6, 6.07) is 18.2. The van der Waals surface area contributed by atoms with E-state index >= 15 is 0 Å². The van der Waals surface area contributed by atoms with E-state index in [9.17, 15) is 9.59 Å². The quantitative estimate of drug-likeness (QED) is 0.497. The minimum absolute atomic E-state index is 0.374. The number of imide groups is 1. The van der Waals surface area contributed by atoms with Crippen molar-refractivity contribution in [3.05, 3.63) is 71.8 Å². The number of rotatable bonds is 2. The van der Waals surface area contributed by atoms with Gasteiger partial charge in [-0.3, -0.25) is 14.9 Å². The minimum Gasteiger partial charge on any atom is -0.399 e. The minimum atomic E-state index is -0.385. The number of hydrogen-bond acceptors (Lipinski definition) is 4. The Morgan fingerprint density at radius 2 is 1.08 bits per heavy atom. The molecule has 0 spiro atoms. The van der Waals surface area contributed by atoms with Crippen molar-refractivity contribution in [2.75, 3.05) is 11.5 Å². The Morgan fingerprint density at radius 3 is 1.68 bits per heavy atom. The molecule has 3 aromatic rings. The molecule has 4 rings (SSSR count). The molecule has 0 saturated heterocycles. The van der Waals surface area contributed by atoms with Crippen LogP contribution in [0.15, 0.2) is 60.7 Å². The Kier molecular flexibility index (Phi) is 3.28. The van der Waals surface area contributed by atoms with Crippen molar-refractivity contribution in [1.29, 1.82) is 0 Å². The fourth-order valence-electron chi connectivity index (χ4n) is 3.11. The second-order valence-corrected chi connectivity index (χ2v) is 5.94. The number of carbonyl (C=O) groups is 2. The smallest absolute Gasteiger partial charge is 0.259 e. The van der Waals surface area contributed by atoms with Crippen molar-refractivity contribution in [3.8, 4) is 22.3 Å². The molecule has 0 saturated carbocycles. The van der Waals surface area contributed by atoms with Crippen molar-refractivity contribution in [2.45, 2.75) is 0 Å². The van der Waals surface area contributed by atoms with Crippen molar-refractivity contribution >= 4 is 23.2 Å². The second-order valence-electron chi connectivity index (χ2n) is 5.94. The van der Waals surface area contributed by atoms with Crippen LogP contribution in [0.25, 0.3) is 22.3 Å². The SMILES string of the molecule is Nc1ccc(-c2ccc3c(c2-c2ccc(N)cc2)C(=O)NC3=O)cc1. The number of benzene rings is 3. The number of nitrogens with one attached hydrogen (secondary N) is 1. The fraction of sp³-hybridized carbons (Fsp3) is 0. The average Bonchev–Trinajstić information content (AvgIpc) is 2.90. The van der Waals surface area contributed by atoms with Crippen LogP contribution in [0.3, 0.4) is 0 Å². The highest BCUT2D eigenvalue weighted by Crippen LogP contribution is 2.38. The van der Waals surface area contributed by atoms with Crippen LogP contribution in [0, 0.1) is 0 Å². The van der Waals surface area contributed by atoms with Gasteiger partial charge in [0.05, 0.1) is 11.1 Å². The maximum absolute atomic E-state index is 12.4. The third-order valence-electron chi connectivity index (χ3n) is 4.33. The first kappa shape index (κ1) is 15.0. The first-order valence-corrected chi connectivity index (χ1v) is 7.79. The van der Waals surface area contributed by atoms with E-state index in [0.29, 0.717) is 28.1 Å². The molecule has 0 aliphatic carbocycles. The average molecular weight is 329 g/mol. The maximum Gasteiger partial charge on any atom is 0.259 e. The van der Waals surface area contributed by atoms with Gasteiger partial charge >= 0.3 is 0 Å². The third kappa shape index (κ3) is 2.42. The summed E-state index contributed by atoms with van der Waals surface area (Å²) in [5, 5.41) is 2.37. The van der Waals surface area contributed by atoms with Gasteiger partial charge < -0.3 is 11.5 Å². The maximum atomic E-state index is 12.4. The van der Waals surface area contributed by atoms with Crippen LogP contribution in [0.4, 0.5) is 11.4 Å². The van der Waals surface area contributed by atoms with Crippen molar-refractivity contribution in [2.24, 2.45) is 0 Å². The number of nitrogens with two attached hydrogens (primary N) is 2. The van der Waals surface area contributed by atoms with Gasteiger partial charge in [-0.15, -0.1) is 0 Å². The molecule has 0 radical (unpaired) electrons. The summed E-state index contributed by atoms with van der Waals surface area (Å²) in [7, 11) is 0. The standard InChI is InChI=1S/C20H15N3O2/c21-13-5-1-11(2-6-13)15-9-10-16-18(20(25)23-19(16)24)17(15)12-3-7-14(22)8-4-12/h1-10H,21-22H2,(H,23,24,25). The number of anilines is 2. The van der Waals surface area contributed by atoms with E-state index in [1.807, 2.05) is 30.3 Å². The molecule has 5 heteroatoms. The molecule has 5 N–H and O–H groups in total. The number of hydrogen-bond donors (Lipinski definition) is 3. The summed E-state index contributed by atoms with van der Waals surface area (Å²) in [5.41, 5.74) is 16.9. The van der Waals surface area contributed by atoms with E-state index < -0.39 is 0 Å². The topological polar surface area (TPSA) is 98.2 Å². The summed E-state index contributed by atoms with van der Waals surface area (Å²) in [6.45, 7) is 0. The van der Waals surface area contributed by atoms with Crippen LogP contribution in [0.2, 0.25) is 0 Å². The number of amides is 2. The van der Waals surface area contributed by atoms with Crippen LogP contribution >= 0.6 is 0 Å². The molecular formula is C20H15N3O2. The predicted molar refractivity (Wildman–Crippen MR) is 97.9 cm³/mol. The lowest BCUT2D eigenvalue weighted by Crippen LogP contribution is -2.20. The highest BCUT2D eigenvalue weighted by atomic mass is 16.2. The Hall–Kier alpha value is -3.60. The van der Waals surface area contributed by atoms with E-state index in [4.69, 9.17) is 11.5 Å². The van der Waals surface area contributed by atoms with Crippen molar-refractivity contribution in [1.82, 2.24) is 5.32 Å². The van der Waals surface area contributed by atoms with Crippen LogP contribution in [-0.4, -0.2) is 11.8 Å². The van der Waals surface area contributed by atoms with Gasteiger partial charge in [0, 0.05) is 16.9 Å². The summed E-state index contributed by atoms with van der Waals surface area (Å²) < 4.78 is 0. The normalized spacial score (nSPS) is 12.8. The first-order valence-electron chi connectivity index (χ1n) is 7.79. The Morgan fingerprint density at radius 1 is 0.560 bits per heavy atom. The van der Waals surface area contributed by atoms with E-state index in [1.165, 1.54) is 0 Å². The summed E-state index contributed by atoms with van der Waals surface area (Å²) >= 11 is 0. The molecule has 1 aliphatic heterocycles. The number of fused-ring (bicyclic) bond motifs is 1. The highest BCUT2D eigenvalue weighted by Gasteiger charge is 2.31. The molecule has 0 bridgehead atoms. The van der Waals surface area contributed by atoms with Crippen LogP contribution in [0.5, 0.6) is 0 Å². The van der Waals surface area contributed by atoms with E-state index in [0.717, 1.165) is 16.7 Å². The van der Waals surface area contributed by atoms with Gasteiger partial charge in [-0.25, -0.2) is 0 Å². The molecule has 0 fully saturated rings. The van der Waals surface area contributed by atoms with Gasteiger partial charge in [-0.2, -0.15) is 0 Å². The van der Waals surface area contributed by atoms with Gasteiger partial charge in [0.2, 0.25) is 0 Å². The van der Waals surface area contributed by atoms with Crippen LogP contribution in [-0.2, 0) is 0 Å². The fourth-order valence-corrected chi connectivity index (χ4v) is 3.11. The van der Waals surface area contributed by atoms with Crippen LogP contribution < -0.4 is 16.8 Å². The highest BCUT2D eigenvalue weighted by molar-refractivity contribution is 6.25. The first-order chi connectivity index (χ1) is 12.0. The van der Waals surface area contributed by atoms with Gasteiger partial charge in [-0.05, 0) is 47.0 Å². The molecule has 122 valence electrons. The van der Waals surface area contributed by atoms with E-state index in [1.54, 1.807) is 30.3 Å². The van der Waals surface area contributed by atoms with Gasteiger partial charge in [-0.1, -0.05) is 30.3 Å². The zero-order valence-corrected chi connectivity index (χ0v) is 13.2. The lowest BCUT2D eigenvalue weighted by atomic mass is 9.88. The second kappa shape index (κ2) is 5.49. The molecule has 0 unspecified atom stereocenters. The zero-order chi connectivity index (χ0) is 17.6. The summed E-state index contributed by atoms with van der Waals surface area (Å²) in [5.74, 6) is -0.760. The Labute approximate surface area is 144 Å². The summed E-state index contributed by atoms with van der Waals surface area (Å²) in [6.07, 6.45) is 0. The monoisotopic (exact) mass is 329 g/mol. The lowest BCUT2D eigenvalue weighted by molar-refractivity contribution is 0.0880. The van der Waals surface area contributed by atoms with Crippen molar-refractivity contribution in [3.63, 3.8) is 0 Å². The predicted octanol–water partition coefficient (Wildman–Crippen LogP) is 3.07. The molecule has 1 heterocycles. The zero-order valence-electron chi connectivity index (χ0n) is 13.2. The van der Waals surface area contributed by atoms with Gasteiger partial charge in [0.15, 0.2) is 0 Å². The van der Waals surface area contributed by atoms with E-state index in [-0.39, 0.29) is 11.8 Å². The Bertz CT molecular complexity index is 1010. The molecule has 0 atom stereocenters. The van der Waals surface area contributed by atoms with Gasteiger partial charge in [0.25, 0.3) is 11.8 Å². The molecule has 25 heavy (non-hydrogen) atoms. The summed E-state index contributed by atoms with van der Waals surface area (Å²) in [4.78, 5) is 24.4.